The van der Waals surface area contributed by atoms with Crippen molar-refractivity contribution in [1.29, 1.82) is 0 Å². The van der Waals surface area contributed by atoms with Gasteiger partial charge in [-0.1, -0.05) is 24.3 Å². The molecule has 0 radical (unpaired) electrons. The molecule has 2 rings (SSSR count). The number of nitrogens with one attached hydrogen (secondary N) is 2. The van der Waals surface area contributed by atoms with Gasteiger partial charge in [-0.2, -0.15) is 23.5 Å². The number of fused-ring (bicyclic) bond motifs is 1. The van der Waals surface area contributed by atoms with Crippen LogP contribution in [0.1, 0.15) is 11.1 Å². The van der Waals surface area contributed by atoms with Gasteiger partial charge in [-0.15, -0.1) is 0 Å². The van der Waals surface area contributed by atoms with Crippen molar-refractivity contribution in [3.63, 3.8) is 0 Å². The number of hydrogen-bond donors (Lipinski definition) is 2. The smallest absolute Gasteiger partial charge is 0.239 e. The summed E-state index contributed by atoms with van der Waals surface area (Å²) in [5.41, 5.74) is 2.37. The molecule has 0 unspecified atom stereocenters. The maximum absolute atomic E-state index is 11.7. The van der Waals surface area contributed by atoms with Crippen LogP contribution in [0.3, 0.4) is 0 Å². The van der Waals surface area contributed by atoms with E-state index in [0.29, 0.717) is 11.5 Å². The largest absolute Gasteiger partial charge is 0.299 e. The minimum Gasteiger partial charge on any atom is -0.299 e. The van der Waals surface area contributed by atoms with E-state index >= 15 is 0 Å². The number of rotatable bonds is 0. The first-order valence-corrected chi connectivity index (χ1v) is 11.1. The van der Waals surface area contributed by atoms with Crippen LogP contribution in [0.15, 0.2) is 24.3 Å². The lowest BCUT2D eigenvalue weighted by molar-refractivity contribution is -0.117. The van der Waals surface area contributed by atoms with E-state index < -0.39 is 0 Å². The van der Waals surface area contributed by atoms with Crippen molar-refractivity contribution in [3.05, 3.63) is 35.4 Å². The van der Waals surface area contributed by atoms with Gasteiger partial charge in [-0.3, -0.25) is 19.0 Å². The number of amides is 2. The van der Waals surface area contributed by atoms with Crippen LogP contribution in [0.5, 0.6) is 0 Å². The highest BCUT2D eigenvalue weighted by atomic mass is 32.2. The SMILES string of the molecule is O=C1CSCCSCC(=O)NSCc2ccccc2CSN1. The Hall–Kier alpha value is -0.440. The molecule has 1 aliphatic rings. The van der Waals surface area contributed by atoms with E-state index in [1.54, 1.807) is 23.5 Å². The highest BCUT2D eigenvalue weighted by Gasteiger charge is 2.08. The van der Waals surface area contributed by atoms with Crippen molar-refractivity contribution in [2.75, 3.05) is 23.0 Å². The van der Waals surface area contributed by atoms with Gasteiger partial charge in [0.05, 0.1) is 11.5 Å². The van der Waals surface area contributed by atoms with Crippen LogP contribution in [0.2, 0.25) is 0 Å². The standard InChI is InChI=1S/C14H18N2O2S4/c17-13-9-19-5-6-20-10-14(18)16-22-8-12-4-2-1-3-11(12)7-21-15-13/h1-4H,5-10H2,(H,15,17)(H,16,18). The van der Waals surface area contributed by atoms with Crippen LogP contribution >= 0.6 is 47.4 Å². The molecule has 2 amide bonds. The second-order valence-corrected chi connectivity index (χ2v) is 8.28. The number of hydrogen-bond acceptors (Lipinski definition) is 6. The summed E-state index contributed by atoms with van der Waals surface area (Å²) in [6.45, 7) is 0. The fourth-order valence-electron chi connectivity index (χ4n) is 1.73. The molecule has 1 aliphatic heterocycles. The van der Waals surface area contributed by atoms with Crippen LogP contribution in [0.4, 0.5) is 0 Å². The first kappa shape index (κ1) is 17.9. The van der Waals surface area contributed by atoms with Gasteiger partial charge in [0.15, 0.2) is 0 Å². The third kappa shape index (κ3) is 6.76. The quantitative estimate of drug-likeness (QED) is 0.681. The molecule has 1 heterocycles. The fraction of sp³-hybridized carbons (Fsp3) is 0.429. The van der Waals surface area contributed by atoms with E-state index in [2.05, 4.69) is 21.6 Å². The zero-order chi connectivity index (χ0) is 15.6. The van der Waals surface area contributed by atoms with Crippen molar-refractivity contribution in [1.82, 2.24) is 9.44 Å². The monoisotopic (exact) mass is 374 g/mol. The normalized spacial score (nSPS) is 18.9. The third-order valence-electron chi connectivity index (χ3n) is 2.78. The molecule has 1 aromatic carbocycles. The number of benzene rings is 1. The molecule has 0 bridgehead atoms. The predicted molar refractivity (Wildman–Crippen MR) is 100.0 cm³/mol. The highest BCUT2D eigenvalue weighted by molar-refractivity contribution is 8.03. The average molecular weight is 375 g/mol. The summed E-state index contributed by atoms with van der Waals surface area (Å²) >= 11 is 6.05. The second kappa shape index (κ2) is 10.4. The second-order valence-electron chi connectivity index (χ2n) is 4.50. The molecule has 0 fully saturated rings. The zero-order valence-corrected chi connectivity index (χ0v) is 15.3. The molecule has 22 heavy (non-hydrogen) atoms. The maximum Gasteiger partial charge on any atom is 0.239 e. The molecule has 8 heteroatoms. The highest BCUT2D eigenvalue weighted by Crippen LogP contribution is 2.19. The van der Waals surface area contributed by atoms with E-state index in [0.717, 1.165) is 23.0 Å². The summed E-state index contributed by atoms with van der Waals surface area (Å²) in [6.07, 6.45) is 0. The van der Waals surface area contributed by atoms with Crippen molar-refractivity contribution in [2.24, 2.45) is 0 Å². The average Bonchev–Trinajstić information content (AvgIpc) is 2.51. The maximum atomic E-state index is 11.7. The summed E-state index contributed by atoms with van der Waals surface area (Å²) in [7, 11) is 0. The van der Waals surface area contributed by atoms with Gasteiger partial charge < -0.3 is 0 Å². The van der Waals surface area contributed by atoms with E-state index in [9.17, 15) is 9.59 Å². The first-order valence-electron chi connectivity index (χ1n) is 6.79. The number of carbonyl (C=O) groups excluding carboxylic acids is 2. The van der Waals surface area contributed by atoms with Gasteiger partial charge in [0.2, 0.25) is 11.8 Å². The lowest BCUT2D eigenvalue weighted by Crippen LogP contribution is -2.20. The van der Waals surface area contributed by atoms with Crippen molar-refractivity contribution in [2.45, 2.75) is 11.5 Å². The summed E-state index contributed by atoms with van der Waals surface area (Å²) in [5, 5.41) is 0. The Morgan fingerprint density at radius 3 is 1.64 bits per heavy atom. The minimum atomic E-state index is 0.0525. The zero-order valence-electron chi connectivity index (χ0n) is 12.0. The Morgan fingerprint density at radius 2 is 1.18 bits per heavy atom. The molecule has 0 aliphatic carbocycles. The molecule has 1 aromatic rings. The Labute approximate surface area is 148 Å². The minimum absolute atomic E-state index is 0.0525. The molecule has 0 aromatic heterocycles. The van der Waals surface area contributed by atoms with E-state index in [1.807, 2.05) is 12.1 Å². The molecule has 4 nitrogen and oxygen atoms in total. The van der Waals surface area contributed by atoms with Crippen molar-refractivity contribution in [3.8, 4) is 0 Å². The summed E-state index contributed by atoms with van der Waals surface area (Å²) in [6, 6.07) is 8.11. The molecule has 0 atom stereocenters. The summed E-state index contributed by atoms with van der Waals surface area (Å²) in [5.74, 6) is 4.27. The molecule has 2 N–H and O–H groups in total. The first-order chi connectivity index (χ1) is 10.8. The molecule has 120 valence electrons. The van der Waals surface area contributed by atoms with Gasteiger partial charge in [0.25, 0.3) is 0 Å². The van der Waals surface area contributed by atoms with Crippen LogP contribution < -0.4 is 9.44 Å². The number of carbonyl (C=O) groups is 2. The Balaban J connectivity index is 1.96. The van der Waals surface area contributed by atoms with E-state index in [1.165, 1.54) is 35.0 Å². The van der Waals surface area contributed by atoms with Crippen LogP contribution in [0, 0.1) is 0 Å². The summed E-state index contributed by atoms with van der Waals surface area (Å²) in [4.78, 5) is 23.4. The van der Waals surface area contributed by atoms with Crippen molar-refractivity contribution >= 4 is 59.2 Å². The topological polar surface area (TPSA) is 58.2 Å². The number of thioether (sulfide) groups is 2. The van der Waals surface area contributed by atoms with Crippen molar-refractivity contribution < 1.29 is 9.59 Å². The molecular weight excluding hydrogens is 356 g/mol. The fourth-order valence-corrected chi connectivity index (χ4v) is 5.15. The summed E-state index contributed by atoms with van der Waals surface area (Å²) < 4.78 is 5.77. The van der Waals surface area contributed by atoms with E-state index in [-0.39, 0.29) is 11.8 Å². The molecular formula is C14H18N2O2S4. The lowest BCUT2D eigenvalue weighted by Gasteiger charge is -2.11. The molecule has 0 saturated heterocycles. The van der Waals surface area contributed by atoms with Crippen LogP contribution in [-0.2, 0) is 21.1 Å². The Bertz CT molecular complexity index is 468. The molecule has 0 spiro atoms. The van der Waals surface area contributed by atoms with Gasteiger partial charge in [-0.05, 0) is 35.0 Å². The Kier molecular flexibility index (Phi) is 8.43. The Morgan fingerprint density at radius 1 is 0.727 bits per heavy atom. The van der Waals surface area contributed by atoms with Crippen LogP contribution in [0.25, 0.3) is 0 Å². The van der Waals surface area contributed by atoms with Gasteiger partial charge in [0.1, 0.15) is 0 Å². The predicted octanol–water partition coefficient (Wildman–Crippen LogP) is 2.70. The molecule has 0 saturated carbocycles. The lowest BCUT2D eigenvalue weighted by atomic mass is 10.1. The van der Waals surface area contributed by atoms with Gasteiger partial charge >= 0.3 is 0 Å². The van der Waals surface area contributed by atoms with E-state index in [4.69, 9.17) is 0 Å². The van der Waals surface area contributed by atoms with Gasteiger partial charge in [0, 0.05) is 23.0 Å². The van der Waals surface area contributed by atoms with Gasteiger partial charge in [-0.25, -0.2) is 0 Å². The third-order valence-corrected chi connectivity index (χ3v) is 6.62. The van der Waals surface area contributed by atoms with Crippen LogP contribution in [-0.4, -0.2) is 34.8 Å².